The molecule has 4 heteroatoms. The third-order valence-corrected chi connectivity index (χ3v) is 3.20. The second kappa shape index (κ2) is 5.89. The Balaban J connectivity index is 2.23. The minimum atomic E-state index is -0.436. The minimum absolute atomic E-state index is 0.163. The standard InChI is InChI=1S/C15H14FNOS/c1-2-10-5-3-4-6-13(10)17-15(18)11-7-8-12(16)14(19)9-11/h3-9,19H,2H2,1H3,(H,17,18). The fourth-order valence-corrected chi connectivity index (χ4v) is 2.01. The van der Waals surface area contributed by atoms with Crippen LogP contribution in [0.2, 0.25) is 0 Å². The molecule has 0 radical (unpaired) electrons. The number of hydrogen-bond acceptors (Lipinski definition) is 2. The van der Waals surface area contributed by atoms with Gasteiger partial charge in [-0.05, 0) is 36.2 Å². The molecular formula is C15H14FNOS. The van der Waals surface area contributed by atoms with Crippen molar-refractivity contribution in [3.05, 3.63) is 59.4 Å². The van der Waals surface area contributed by atoms with Gasteiger partial charge in [0.25, 0.3) is 5.91 Å². The van der Waals surface area contributed by atoms with Gasteiger partial charge in [-0.15, -0.1) is 12.6 Å². The molecule has 0 fully saturated rings. The molecule has 2 nitrogen and oxygen atoms in total. The molecule has 0 aliphatic heterocycles. The first-order chi connectivity index (χ1) is 9.11. The van der Waals surface area contributed by atoms with E-state index in [0.717, 1.165) is 17.7 Å². The Morgan fingerprint density at radius 2 is 2.00 bits per heavy atom. The maximum Gasteiger partial charge on any atom is 0.255 e. The highest BCUT2D eigenvalue weighted by atomic mass is 32.1. The van der Waals surface area contributed by atoms with Crippen molar-refractivity contribution < 1.29 is 9.18 Å². The average Bonchev–Trinajstić information content (AvgIpc) is 2.42. The summed E-state index contributed by atoms with van der Waals surface area (Å²) in [6.45, 7) is 2.02. The van der Waals surface area contributed by atoms with Gasteiger partial charge in [-0.2, -0.15) is 0 Å². The summed E-state index contributed by atoms with van der Waals surface area (Å²) in [5.74, 6) is -0.704. The second-order valence-corrected chi connectivity index (χ2v) is 4.61. The monoisotopic (exact) mass is 275 g/mol. The van der Waals surface area contributed by atoms with E-state index in [2.05, 4.69) is 17.9 Å². The molecule has 2 rings (SSSR count). The van der Waals surface area contributed by atoms with E-state index in [1.165, 1.54) is 18.2 Å². The van der Waals surface area contributed by atoms with Crippen LogP contribution in [0, 0.1) is 5.82 Å². The van der Waals surface area contributed by atoms with Crippen LogP contribution in [0.3, 0.4) is 0 Å². The molecule has 0 heterocycles. The second-order valence-electron chi connectivity index (χ2n) is 4.13. The van der Waals surface area contributed by atoms with E-state index in [9.17, 15) is 9.18 Å². The van der Waals surface area contributed by atoms with Gasteiger partial charge in [0, 0.05) is 16.1 Å². The number of hydrogen-bond donors (Lipinski definition) is 2. The van der Waals surface area contributed by atoms with Gasteiger partial charge < -0.3 is 5.32 Å². The van der Waals surface area contributed by atoms with Gasteiger partial charge in [0.2, 0.25) is 0 Å². The van der Waals surface area contributed by atoms with Gasteiger partial charge in [-0.1, -0.05) is 25.1 Å². The van der Waals surface area contributed by atoms with Crippen molar-refractivity contribution >= 4 is 24.2 Å². The molecule has 0 aliphatic carbocycles. The predicted octanol–water partition coefficient (Wildman–Crippen LogP) is 3.93. The van der Waals surface area contributed by atoms with Crippen LogP contribution in [-0.2, 0) is 6.42 Å². The Morgan fingerprint density at radius 3 is 2.68 bits per heavy atom. The van der Waals surface area contributed by atoms with Crippen molar-refractivity contribution in [2.75, 3.05) is 5.32 Å². The third kappa shape index (κ3) is 3.15. The number of rotatable bonds is 3. The topological polar surface area (TPSA) is 29.1 Å². The predicted molar refractivity (Wildman–Crippen MR) is 77.4 cm³/mol. The lowest BCUT2D eigenvalue weighted by molar-refractivity contribution is 0.102. The normalized spacial score (nSPS) is 10.3. The maximum atomic E-state index is 13.1. The van der Waals surface area contributed by atoms with Gasteiger partial charge in [-0.3, -0.25) is 4.79 Å². The number of aryl methyl sites for hydroxylation is 1. The van der Waals surface area contributed by atoms with Crippen molar-refractivity contribution in [3.8, 4) is 0 Å². The number of thiol groups is 1. The molecule has 2 aromatic rings. The van der Waals surface area contributed by atoms with Crippen molar-refractivity contribution in [1.82, 2.24) is 0 Å². The zero-order valence-corrected chi connectivity index (χ0v) is 11.4. The van der Waals surface area contributed by atoms with Crippen LogP contribution in [0.15, 0.2) is 47.4 Å². The van der Waals surface area contributed by atoms with Crippen LogP contribution in [0.4, 0.5) is 10.1 Å². The van der Waals surface area contributed by atoms with Gasteiger partial charge >= 0.3 is 0 Å². The Bertz CT molecular complexity index is 613. The van der Waals surface area contributed by atoms with Crippen molar-refractivity contribution in [1.29, 1.82) is 0 Å². The van der Waals surface area contributed by atoms with Crippen LogP contribution in [0.1, 0.15) is 22.8 Å². The molecule has 0 aromatic heterocycles. The van der Waals surface area contributed by atoms with E-state index < -0.39 is 5.82 Å². The molecular weight excluding hydrogens is 261 g/mol. The Morgan fingerprint density at radius 1 is 1.26 bits per heavy atom. The highest BCUT2D eigenvalue weighted by Gasteiger charge is 2.10. The highest BCUT2D eigenvalue weighted by Crippen LogP contribution is 2.18. The molecule has 19 heavy (non-hydrogen) atoms. The molecule has 98 valence electrons. The van der Waals surface area contributed by atoms with Crippen molar-refractivity contribution in [2.24, 2.45) is 0 Å². The lowest BCUT2D eigenvalue weighted by Gasteiger charge is -2.10. The van der Waals surface area contributed by atoms with Crippen molar-refractivity contribution in [2.45, 2.75) is 18.2 Å². The third-order valence-electron chi connectivity index (χ3n) is 2.85. The summed E-state index contributed by atoms with van der Waals surface area (Å²) in [4.78, 5) is 12.2. The highest BCUT2D eigenvalue weighted by molar-refractivity contribution is 7.80. The first kappa shape index (κ1) is 13.6. The largest absolute Gasteiger partial charge is 0.322 e. The molecule has 0 saturated heterocycles. The molecule has 0 spiro atoms. The van der Waals surface area contributed by atoms with Crippen LogP contribution < -0.4 is 5.32 Å². The fourth-order valence-electron chi connectivity index (χ4n) is 1.80. The van der Waals surface area contributed by atoms with Crippen LogP contribution in [0.5, 0.6) is 0 Å². The summed E-state index contributed by atoms with van der Waals surface area (Å²) in [5.41, 5.74) is 2.22. The molecule has 0 saturated carbocycles. The van der Waals surface area contributed by atoms with Gasteiger partial charge in [0.1, 0.15) is 5.82 Å². The molecule has 0 aliphatic rings. The minimum Gasteiger partial charge on any atom is -0.322 e. The van der Waals surface area contributed by atoms with E-state index in [1.807, 2.05) is 31.2 Å². The zero-order chi connectivity index (χ0) is 13.8. The number of amides is 1. The molecule has 1 N–H and O–H groups in total. The van der Waals surface area contributed by atoms with Crippen LogP contribution in [-0.4, -0.2) is 5.91 Å². The summed E-state index contributed by atoms with van der Waals surface area (Å²) < 4.78 is 13.1. The number of anilines is 1. The number of carbonyl (C=O) groups is 1. The van der Waals surface area contributed by atoms with Gasteiger partial charge in [0.05, 0.1) is 0 Å². The number of halogens is 1. The molecule has 0 unspecified atom stereocenters. The summed E-state index contributed by atoms with van der Waals surface area (Å²) in [5, 5.41) is 2.83. The average molecular weight is 275 g/mol. The smallest absolute Gasteiger partial charge is 0.255 e. The van der Waals surface area contributed by atoms with E-state index in [-0.39, 0.29) is 10.8 Å². The summed E-state index contributed by atoms with van der Waals surface area (Å²) >= 11 is 3.97. The van der Waals surface area contributed by atoms with E-state index in [1.54, 1.807) is 0 Å². The van der Waals surface area contributed by atoms with Gasteiger partial charge in [-0.25, -0.2) is 4.39 Å². The van der Waals surface area contributed by atoms with E-state index >= 15 is 0 Å². The molecule has 1 amide bonds. The molecule has 0 atom stereocenters. The molecule has 0 bridgehead atoms. The lowest BCUT2D eigenvalue weighted by atomic mass is 10.1. The quantitative estimate of drug-likeness (QED) is 0.817. The number of carbonyl (C=O) groups excluding carboxylic acids is 1. The first-order valence-electron chi connectivity index (χ1n) is 5.99. The van der Waals surface area contributed by atoms with Crippen LogP contribution in [0.25, 0.3) is 0 Å². The SMILES string of the molecule is CCc1ccccc1NC(=O)c1ccc(F)c(S)c1. The summed E-state index contributed by atoms with van der Waals surface area (Å²) in [6.07, 6.45) is 0.831. The lowest BCUT2D eigenvalue weighted by Crippen LogP contribution is -2.13. The Hall–Kier alpha value is -1.81. The van der Waals surface area contributed by atoms with Crippen LogP contribution >= 0.6 is 12.6 Å². The zero-order valence-electron chi connectivity index (χ0n) is 10.5. The van der Waals surface area contributed by atoms with Gasteiger partial charge in [0.15, 0.2) is 0 Å². The number of benzene rings is 2. The number of nitrogens with one attached hydrogen (secondary N) is 1. The maximum absolute atomic E-state index is 13.1. The number of para-hydroxylation sites is 1. The summed E-state index contributed by atoms with van der Waals surface area (Å²) in [7, 11) is 0. The molecule has 2 aromatic carbocycles. The van der Waals surface area contributed by atoms with E-state index in [0.29, 0.717) is 5.56 Å². The fraction of sp³-hybridized carbons (Fsp3) is 0.133. The van der Waals surface area contributed by atoms with Crippen molar-refractivity contribution in [3.63, 3.8) is 0 Å². The van der Waals surface area contributed by atoms with E-state index in [4.69, 9.17) is 0 Å². The Kier molecular flexibility index (Phi) is 4.22. The first-order valence-corrected chi connectivity index (χ1v) is 6.44. The Labute approximate surface area is 117 Å². The summed E-state index contributed by atoms with van der Waals surface area (Å²) in [6, 6.07) is 11.7.